The van der Waals surface area contributed by atoms with Crippen LogP contribution in [-0.2, 0) is 0 Å². The zero-order valence-electron chi connectivity index (χ0n) is 12.5. The highest BCUT2D eigenvalue weighted by atomic mass is 32.1. The van der Waals surface area contributed by atoms with Crippen LogP contribution < -0.4 is 0 Å². The van der Waals surface area contributed by atoms with Gasteiger partial charge in [-0.15, -0.1) is 5.12 Å². The molecular weight excluding hydrogens is 515 g/mol. The van der Waals surface area contributed by atoms with Gasteiger partial charge in [-0.3, -0.25) is 0 Å². The van der Waals surface area contributed by atoms with E-state index >= 15 is 0 Å². The predicted octanol–water partition coefficient (Wildman–Crippen LogP) is 6.39. The van der Waals surface area contributed by atoms with E-state index in [2.05, 4.69) is 12.2 Å². The van der Waals surface area contributed by atoms with Gasteiger partial charge in [0.1, 0.15) is 0 Å². The van der Waals surface area contributed by atoms with Crippen LogP contribution in [-0.4, -0.2) is 58.1 Å². The smallest absolute Gasteiger partial charge is 0.192 e. The Balaban J connectivity index is 6.55. The van der Waals surface area contributed by atoms with Crippen molar-refractivity contribution >= 4 is 17.2 Å². The van der Waals surface area contributed by atoms with Crippen LogP contribution in [0.15, 0.2) is 0 Å². The van der Waals surface area contributed by atoms with E-state index in [1.165, 1.54) is 0 Å². The number of hydrogen-bond acceptors (Lipinski definition) is 1. The first-order valence-corrected chi connectivity index (χ1v) is 6.38. The number of thiocarbonyl (C=S) groups is 1. The molecule has 30 heavy (non-hydrogen) atoms. The van der Waals surface area contributed by atoms with Crippen LogP contribution in [0.2, 0.25) is 0 Å². The second-order valence-electron chi connectivity index (χ2n) is 4.99. The first-order valence-electron chi connectivity index (χ1n) is 5.97. The summed E-state index contributed by atoms with van der Waals surface area (Å²) in [4.78, 5) is -4.29. The van der Waals surface area contributed by atoms with Gasteiger partial charge in [-0.2, -0.15) is 79.0 Å². The summed E-state index contributed by atoms with van der Waals surface area (Å²) >= 11 is 2.73. The molecule has 0 aromatic heterocycles. The largest absolute Gasteiger partial charge is 0.460 e. The van der Waals surface area contributed by atoms with Gasteiger partial charge in [0.2, 0.25) is 0 Å². The zero-order chi connectivity index (χ0) is 25.2. The Morgan fingerprint density at radius 3 is 1.03 bits per heavy atom. The quantitative estimate of drug-likeness (QED) is 0.175. The van der Waals surface area contributed by atoms with E-state index in [4.69, 9.17) is 0 Å². The molecule has 0 aliphatic carbocycles. The number of halogens is 19. The van der Waals surface area contributed by atoms with Gasteiger partial charge in [-0.05, 0) is 0 Å². The van der Waals surface area contributed by atoms with Crippen LogP contribution in [0, 0.1) is 0 Å². The SMILES string of the molecule is FN(C(=S)C(F)(F)C(F)(F)F)C(F)(F)C(F)(F)C(F)(F)C(F)(F)C(F)(F)C(F)(F)F. The van der Waals surface area contributed by atoms with Crippen molar-refractivity contribution in [2.45, 2.75) is 48.0 Å². The molecule has 0 spiro atoms. The third kappa shape index (κ3) is 3.69. The molecule has 0 heterocycles. The molecule has 0 saturated heterocycles. The van der Waals surface area contributed by atoms with Crippen molar-refractivity contribution in [3.05, 3.63) is 0 Å². The van der Waals surface area contributed by atoms with Gasteiger partial charge in [0, 0.05) is 0 Å². The summed E-state index contributed by atoms with van der Waals surface area (Å²) in [5.74, 6) is -40.8. The lowest BCUT2D eigenvalue weighted by Gasteiger charge is -2.41. The maximum Gasteiger partial charge on any atom is 0.460 e. The molecule has 0 saturated carbocycles. The van der Waals surface area contributed by atoms with E-state index in [1.54, 1.807) is 0 Å². The summed E-state index contributed by atoms with van der Waals surface area (Å²) < 4.78 is 239. The molecule has 180 valence electrons. The molecule has 0 N–H and O–H groups in total. The Bertz CT molecular complexity index is 656. The van der Waals surface area contributed by atoms with Crippen LogP contribution in [0.25, 0.3) is 0 Å². The van der Waals surface area contributed by atoms with Gasteiger partial charge in [-0.25, -0.2) is 0 Å². The second-order valence-corrected chi connectivity index (χ2v) is 5.38. The Labute approximate surface area is 155 Å². The monoisotopic (exact) mass is 515 g/mol. The molecule has 21 heteroatoms. The molecule has 0 aromatic carbocycles. The van der Waals surface area contributed by atoms with Gasteiger partial charge in [0.15, 0.2) is 4.99 Å². The van der Waals surface area contributed by atoms with Crippen LogP contribution in [0.5, 0.6) is 0 Å². The third-order valence-corrected chi connectivity index (χ3v) is 3.38. The Morgan fingerprint density at radius 1 is 0.467 bits per heavy atom. The molecule has 0 atom stereocenters. The Hall–Kier alpha value is -1.44. The molecule has 0 amide bonds. The van der Waals surface area contributed by atoms with Crippen molar-refractivity contribution in [2.24, 2.45) is 0 Å². The van der Waals surface area contributed by atoms with Crippen molar-refractivity contribution < 1.29 is 83.5 Å². The number of alkyl halides is 18. The van der Waals surface area contributed by atoms with Gasteiger partial charge in [0.05, 0.1) is 0 Å². The minimum Gasteiger partial charge on any atom is -0.192 e. The fourth-order valence-corrected chi connectivity index (χ4v) is 1.49. The van der Waals surface area contributed by atoms with Crippen molar-refractivity contribution in [2.75, 3.05) is 0 Å². The molecule has 1 nitrogen and oxygen atoms in total. The molecule has 0 radical (unpaired) electrons. The van der Waals surface area contributed by atoms with Gasteiger partial charge < -0.3 is 0 Å². The normalized spacial score (nSPS) is 16.0. The molecule has 0 unspecified atom stereocenters. The maximum atomic E-state index is 13.1. The van der Waals surface area contributed by atoms with Gasteiger partial charge in [-0.1, -0.05) is 16.7 Å². The standard InChI is InChI=1S/C9F19NS/c10-2(11,7(20,21)22)1(30)29(28)9(26,27)6(18,19)4(14,15)3(12,13)5(16,17)8(23,24)25. The molecule has 0 bridgehead atoms. The van der Waals surface area contributed by atoms with E-state index in [-0.39, 0.29) is 0 Å². The van der Waals surface area contributed by atoms with E-state index in [0.29, 0.717) is 0 Å². The fraction of sp³-hybridized carbons (Fsp3) is 0.889. The first-order chi connectivity index (χ1) is 12.6. The molecule has 0 fully saturated rings. The molecular formula is C9F19NS. The minimum absolute atomic E-state index is 2.73. The molecule has 0 aliphatic rings. The highest BCUT2D eigenvalue weighted by molar-refractivity contribution is 7.80. The summed E-state index contributed by atoms with van der Waals surface area (Å²) in [6.45, 7) is 0. The number of hydrogen-bond donors (Lipinski definition) is 0. The van der Waals surface area contributed by atoms with Crippen molar-refractivity contribution in [1.82, 2.24) is 5.12 Å². The first kappa shape index (κ1) is 28.6. The summed E-state index contributed by atoms with van der Waals surface area (Å²) in [6.07, 6.45) is -15.0. The molecule has 0 rings (SSSR count). The van der Waals surface area contributed by atoms with Crippen LogP contribution in [0.4, 0.5) is 83.5 Å². The average Bonchev–Trinajstić information content (AvgIpc) is 2.50. The van der Waals surface area contributed by atoms with E-state index in [1.807, 2.05) is 0 Å². The molecule has 0 aromatic rings. The molecule has 0 aliphatic heterocycles. The topological polar surface area (TPSA) is 3.24 Å². The van der Waals surface area contributed by atoms with E-state index in [0.717, 1.165) is 0 Å². The third-order valence-electron chi connectivity index (χ3n) is 2.97. The maximum absolute atomic E-state index is 13.1. The number of nitrogens with zero attached hydrogens (tertiary/aromatic N) is 1. The fourth-order valence-electron chi connectivity index (χ4n) is 1.26. The Morgan fingerprint density at radius 2 is 0.767 bits per heavy atom. The summed E-state index contributed by atoms with van der Waals surface area (Å²) in [5, 5.41) is -3.98. The Kier molecular flexibility index (Phi) is 6.70. The lowest BCUT2D eigenvalue weighted by molar-refractivity contribution is -0.455. The summed E-state index contributed by atoms with van der Waals surface area (Å²) in [6, 6.07) is -8.03. The predicted molar refractivity (Wildman–Crippen MR) is 57.3 cm³/mol. The van der Waals surface area contributed by atoms with Crippen molar-refractivity contribution in [1.29, 1.82) is 0 Å². The van der Waals surface area contributed by atoms with Crippen molar-refractivity contribution in [3.63, 3.8) is 0 Å². The van der Waals surface area contributed by atoms with Gasteiger partial charge >= 0.3 is 48.0 Å². The van der Waals surface area contributed by atoms with E-state index < -0.39 is 58.1 Å². The van der Waals surface area contributed by atoms with Crippen LogP contribution in [0.1, 0.15) is 0 Å². The van der Waals surface area contributed by atoms with Gasteiger partial charge in [0.25, 0.3) is 0 Å². The number of rotatable bonds is 6. The summed E-state index contributed by atoms with van der Waals surface area (Å²) in [5.41, 5.74) is 0. The lowest BCUT2D eigenvalue weighted by Crippen LogP contribution is -2.72. The van der Waals surface area contributed by atoms with Crippen LogP contribution >= 0.6 is 12.2 Å². The second kappa shape index (κ2) is 7.04. The minimum atomic E-state index is -8.62. The summed E-state index contributed by atoms with van der Waals surface area (Å²) in [7, 11) is 0. The highest BCUT2D eigenvalue weighted by Gasteiger charge is 2.92. The van der Waals surface area contributed by atoms with Crippen molar-refractivity contribution in [3.8, 4) is 0 Å². The van der Waals surface area contributed by atoms with Crippen LogP contribution in [0.3, 0.4) is 0 Å². The zero-order valence-corrected chi connectivity index (χ0v) is 13.4. The van der Waals surface area contributed by atoms with E-state index in [9.17, 15) is 83.5 Å². The average molecular weight is 515 g/mol. The highest BCUT2D eigenvalue weighted by Crippen LogP contribution is 2.61. The lowest BCUT2D eigenvalue weighted by atomic mass is 9.96.